The van der Waals surface area contributed by atoms with Crippen LogP contribution in [0.3, 0.4) is 0 Å². The second-order valence-corrected chi connectivity index (χ2v) is 10.7. The predicted octanol–water partition coefficient (Wildman–Crippen LogP) is 5.83. The largest absolute Gasteiger partial charge is 0.0738 e. The van der Waals surface area contributed by atoms with Gasteiger partial charge in [0.05, 0.1) is 15.7 Å². The molecule has 0 amide bonds. The zero-order valence-electron chi connectivity index (χ0n) is 16.4. The molecule has 4 saturated carbocycles. The summed E-state index contributed by atoms with van der Waals surface area (Å²) in [5, 5.41) is 0. The third kappa shape index (κ3) is 2.19. The third-order valence-corrected chi connectivity index (χ3v) is 9.93. The lowest BCUT2D eigenvalue weighted by Crippen LogP contribution is -2.56. The molecule has 0 spiro atoms. The summed E-state index contributed by atoms with van der Waals surface area (Å²) in [6, 6.07) is 0. The van der Waals surface area contributed by atoms with E-state index in [-0.39, 0.29) is 0 Å². The molecule has 0 heterocycles. The molecule has 0 nitrogen and oxygen atoms in total. The maximum absolute atomic E-state index is 6.94. The van der Waals surface area contributed by atoms with Crippen molar-refractivity contribution >= 4 is 15.7 Å². The van der Waals surface area contributed by atoms with Gasteiger partial charge in [0.2, 0.25) is 0 Å². The zero-order valence-corrected chi connectivity index (χ0v) is 16.4. The maximum atomic E-state index is 6.94. The Morgan fingerprint density at radius 1 is 0.958 bits per heavy atom. The van der Waals surface area contributed by atoms with Crippen LogP contribution in [0.25, 0.3) is 0 Å². The van der Waals surface area contributed by atoms with Crippen LogP contribution in [-0.4, -0.2) is 15.7 Å². The van der Waals surface area contributed by atoms with Crippen LogP contribution in [0.2, 0.25) is 11.6 Å². The van der Waals surface area contributed by atoms with Gasteiger partial charge in [-0.3, -0.25) is 0 Å². The summed E-state index contributed by atoms with van der Waals surface area (Å²) in [5.74, 6) is 5.67. The van der Waals surface area contributed by atoms with Gasteiger partial charge in [-0.25, -0.2) is 0 Å². The van der Waals surface area contributed by atoms with Gasteiger partial charge < -0.3 is 0 Å². The molecule has 4 aliphatic rings. The molecule has 4 radical (unpaired) electrons. The van der Waals surface area contributed by atoms with Crippen LogP contribution >= 0.6 is 0 Å². The topological polar surface area (TPSA) is 0 Å². The highest BCUT2D eigenvalue weighted by molar-refractivity contribution is 6.13. The summed E-state index contributed by atoms with van der Waals surface area (Å²) in [5.41, 5.74) is 0.856. The monoisotopic (exact) mass is 322 g/mol. The minimum Gasteiger partial charge on any atom is -0.0738 e. The Morgan fingerprint density at radius 2 is 1.71 bits per heavy atom. The van der Waals surface area contributed by atoms with Gasteiger partial charge in [0, 0.05) is 0 Å². The van der Waals surface area contributed by atoms with Crippen molar-refractivity contribution in [1.29, 1.82) is 0 Å². The van der Waals surface area contributed by atoms with Crippen LogP contribution in [-0.2, 0) is 0 Å². The van der Waals surface area contributed by atoms with E-state index in [4.69, 9.17) is 15.7 Å². The van der Waals surface area contributed by atoms with Crippen LogP contribution < -0.4 is 0 Å². The molecule has 4 fully saturated rings. The molecular formula is C22H36B2. The highest BCUT2D eigenvalue weighted by Gasteiger charge is 2.62. The Hall–Kier alpha value is 0.130. The molecule has 0 saturated heterocycles. The Labute approximate surface area is 153 Å². The second kappa shape index (κ2) is 5.82. The van der Waals surface area contributed by atoms with E-state index in [2.05, 4.69) is 27.7 Å². The molecule has 4 aliphatic carbocycles. The SMILES string of the molecule is [B][C@@H]1CC2C[C@H](C)CC[C@]2(C)[C@H]2C[C@H]([B])[C@]3(C)C(CC)CC[C@H]3C12. The van der Waals surface area contributed by atoms with Gasteiger partial charge in [-0.2, -0.15) is 0 Å². The molecule has 130 valence electrons. The summed E-state index contributed by atoms with van der Waals surface area (Å²) in [6.07, 6.45) is 10.8. The van der Waals surface area contributed by atoms with Crippen molar-refractivity contribution in [3.8, 4) is 0 Å². The normalized spacial score (nSPS) is 60.2. The van der Waals surface area contributed by atoms with E-state index in [1.54, 1.807) is 0 Å². The quantitative estimate of drug-likeness (QED) is 0.533. The molecule has 4 rings (SSSR count). The van der Waals surface area contributed by atoms with Crippen LogP contribution in [0, 0.1) is 46.3 Å². The fraction of sp³-hybridized carbons (Fsp3) is 1.00. The molecule has 3 unspecified atom stereocenters. The first-order chi connectivity index (χ1) is 11.3. The van der Waals surface area contributed by atoms with Gasteiger partial charge >= 0.3 is 0 Å². The predicted molar refractivity (Wildman–Crippen MR) is 104 cm³/mol. The third-order valence-electron chi connectivity index (χ3n) is 9.93. The molecular weight excluding hydrogens is 286 g/mol. The average molecular weight is 322 g/mol. The molecule has 0 aromatic rings. The summed E-state index contributed by atoms with van der Waals surface area (Å²) in [7, 11) is 13.8. The maximum Gasteiger partial charge on any atom is 0.0707 e. The van der Waals surface area contributed by atoms with E-state index in [0.717, 1.165) is 35.5 Å². The fourth-order valence-corrected chi connectivity index (χ4v) is 8.38. The number of fused-ring (bicyclic) bond motifs is 5. The highest BCUT2D eigenvalue weighted by Crippen LogP contribution is 2.72. The smallest absolute Gasteiger partial charge is 0.0707 e. The van der Waals surface area contributed by atoms with Crippen LogP contribution in [0.5, 0.6) is 0 Å². The van der Waals surface area contributed by atoms with Crippen molar-refractivity contribution in [3.05, 3.63) is 0 Å². The number of rotatable bonds is 1. The van der Waals surface area contributed by atoms with Crippen molar-refractivity contribution in [2.75, 3.05) is 0 Å². The zero-order chi connectivity index (χ0) is 17.3. The Balaban J connectivity index is 1.70. The average Bonchev–Trinajstić information content (AvgIpc) is 2.88. The van der Waals surface area contributed by atoms with E-state index >= 15 is 0 Å². The molecule has 24 heavy (non-hydrogen) atoms. The van der Waals surface area contributed by atoms with Crippen molar-refractivity contribution in [2.45, 2.75) is 90.7 Å². The molecule has 2 heteroatoms. The van der Waals surface area contributed by atoms with E-state index in [1.807, 2.05) is 0 Å². The van der Waals surface area contributed by atoms with Gasteiger partial charge in [0.1, 0.15) is 0 Å². The molecule has 10 atom stereocenters. The summed E-state index contributed by atoms with van der Waals surface area (Å²) in [4.78, 5) is 0. The first-order valence-corrected chi connectivity index (χ1v) is 10.8. The summed E-state index contributed by atoms with van der Waals surface area (Å²) in [6.45, 7) is 9.97. The van der Waals surface area contributed by atoms with Gasteiger partial charge in [-0.15, -0.1) is 0 Å². The minimum atomic E-state index is 0.346. The second-order valence-electron chi connectivity index (χ2n) is 10.7. The van der Waals surface area contributed by atoms with E-state index < -0.39 is 0 Å². The molecule has 0 aromatic carbocycles. The van der Waals surface area contributed by atoms with Crippen LogP contribution in [0.4, 0.5) is 0 Å². The van der Waals surface area contributed by atoms with Crippen LogP contribution in [0.1, 0.15) is 79.1 Å². The first-order valence-electron chi connectivity index (χ1n) is 10.8. The van der Waals surface area contributed by atoms with Crippen molar-refractivity contribution < 1.29 is 0 Å². The first kappa shape index (κ1) is 17.5. The lowest BCUT2D eigenvalue weighted by molar-refractivity contribution is -0.115. The molecule has 0 N–H and O–H groups in total. The summed E-state index contributed by atoms with van der Waals surface area (Å²) < 4.78 is 0. The van der Waals surface area contributed by atoms with Gasteiger partial charge in [-0.05, 0) is 72.0 Å². The van der Waals surface area contributed by atoms with Crippen LogP contribution in [0.15, 0.2) is 0 Å². The van der Waals surface area contributed by atoms with Crippen molar-refractivity contribution in [2.24, 2.45) is 46.3 Å². The lowest BCUT2D eigenvalue weighted by atomic mass is 9.36. The molecule has 0 aliphatic heterocycles. The van der Waals surface area contributed by atoms with Gasteiger partial charge in [0.15, 0.2) is 0 Å². The van der Waals surface area contributed by atoms with E-state index in [0.29, 0.717) is 22.5 Å². The fourth-order valence-electron chi connectivity index (χ4n) is 8.38. The summed E-state index contributed by atoms with van der Waals surface area (Å²) >= 11 is 0. The van der Waals surface area contributed by atoms with E-state index in [9.17, 15) is 0 Å². The standard InChI is InChI=1S/C22H36B2/c1-5-14-6-7-16-20-17(12-19(24)22(14,16)4)21(3)9-8-13(2)10-15(21)11-18(20)23/h13-20H,5-12H2,1-4H3/t13-,14?,15?,16+,17+,18-,19+,20?,21+,22-/m1/s1. The Kier molecular flexibility index (Phi) is 4.25. The number of hydrogen-bond acceptors (Lipinski definition) is 0. The van der Waals surface area contributed by atoms with E-state index in [1.165, 1.54) is 51.4 Å². The van der Waals surface area contributed by atoms with Gasteiger partial charge in [0.25, 0.3) is 0 Å². The number of hydrogen-bond donors (Lipinski definition) is 0. The minimum absolute atomic E-state index is 0.346. The molecule has 0 bridgehead atoms. The Bertz CT molecular complexity index is 490. The van der Waals surface area contributed by atoms with Crippen molar-refractivity contribution in [3.63, 3.8) is 0 Å². The van der Waals surface area contributed by atoms with Gasteiger partial charge in [-0.1, -0.05) is 65.0 Å². The van der Waals surface area contributed by atoms with Crippen molar-refractivity contribution in [1.82, 2.24) is 0 Å². The lowest BCUT2D eigenvalue weighted by Gasteiger charge is -2.65. The highest BCUT2D eigenvalue weighted by atomic mass is 14.7. The Morgan fingerprint density at radius 3 is 2.42 bits per heavy atom. The molecule has 0 aromatic heterocycles.